The fourth-order valence-corrected chi connectivity index (χ4v) is 1.91. The van der Waals surface area contributed by atoms with Crippen LogP contribution < -0.4 is 9.47 Å². The normalized spacial score (nSPS) is 10.4. The lowest BCUT2D eigenvalue weighted by atomic mass is 10.2. The molecule has 102 valence electrons. The van der Waals surface area contributed by atoms with Gasteiger partial charge in [0.2, 0.25) is 0 Å². The molecule has 3 nitrogen and oxygen atoms in total. The standard InChI is InChI=1S/C14H21BrO3/c1-3-7-17-13-6-5-12(11-15)14(10-13)18-9-8-16-4-2/h5-6,10H,3-4,7-9,11H2,1-2H3. The van der Waals surface area contributed by atoms with Crippen molar-refractivity contribution in [1.29, 1.82) is 0 Å². The van der Waals surface area contributed by atoms with Crippen LogP contribution in [0.4, 0.5) is 0 Å². The molecule has 0 radical (unpaired) electrons. The van der Waals surface area contributed by atoms with Gasteiger partial charge in [-0.15, -0.1) is 0 Å². The van der Waals surface area contributed by atoms with Crippen molar-refractivity contribution in [2.45, 2.75) is 25.6 Å². The molecule has 0 heterocycles. The Bertz CT molecular complexity index is 342. The van der Waals surface area contributed by atoms with Crippen molar-refractivity contribution >= 4 is 15.9 Å². The average Bonchev–Trinajstić information content (AvgIpc) is 2.41. The predicted molar refractivity (Wildman–Crippen MR) is 76.8 cm³/mol. The largest absolute Gasteiger partial charge is 0.493 e. The van der Waals surface area contributed by atoms with Gasteiger partial charge in [-0.1, -0.05) is 28.9 Å². The van der Waals surface area contributed by atoms with E-state index in [2.05, 4.69) is 22.9 Å². The lowest BCUT2D eigenvalue weighted by Crippen LogP contribution is -2.07. The van der Waals surface area contributed by atoms with Crippen molar-refractivity contribution in [1.82, 2.24) is 0 Å². The number of halogens is 1. The van der Waals surface area contributed by atoms with E-state index in [4.69, 9.17) is 14.2 Å². The van der Waals surface area contributed by atoms with Gasteiger partial charge in [-0.05, 0) is 19.4 Å². The van der Waals surface area contributed by atoms with Crippen LogP contribution in [0.3, 0.4) is 0 Å². The molecular weight excluding hydrogens is 296 g/mol. The van der Waals surface area contributed by atoms with Gasteiger partial charge in [-0.3, -0.25) is 0 Å². The third kappa shape index (κ3) is 5.27. The highest BCUT2D eigenvalue weighted by Gasteiger charge is 2.05. The predicted octanol–water partition coefficient (Wildman–Crippen LogP) is 3.79. The van der Waals surface area contributed by atoms with Crippen molar-refractivity contribution in [2.75, 3.05) is 26.4 Å². The van der Waals surface area contributed by atoms with Gasteiger partial charge in [0.15, 0.2) is 0 Å². The van der Waals surface area contributed by atoms with E-state index in [0.29, 0.717) is 19.8 Å². The van der Waals surface area contributed by atoms with Crippen LogP contribution in [0.25, 0.3) is 0 Å². The Morgan fingerprint density at radius 2 is 1.89 bits per heavy atom. The fraction of sp³-hybridized carbons (Fsp3) is 0.571. The van der Waals surface area contributed by atoms with Gasteiger partial charge in [0.1, 0.15) is 18.1 Å². The Hall–Kier alpha value is -0.740. The minimum atomic E-state index is 0.561. The van der Waals surface area contributed by atoms with Crippen molar-refractivity contribution in [3.63, 3.8) is 0 Å². The van der Waals surface area contributed by atoms with E-state index in [1.165, 1.54) is 0 Å². The van der Waals surface area contributed by atoms with Gasteiger partial charge >= 0.3 is 0 Å². The van der Waals surface area contributed by atoms with Crippen molar-refractivity contribution < 1.29 is 14.2 Å². The number of hydrogen-bond donors (Lipinski definition) is 0. The molecule has 0 saturated heterocycles. The van der Waals surface area contributed by atoms with E-state index in [-0.39, 0.29) is 0 Å². The van der Waals surface area contributed by atoms with E-state index < -0.39 is 0 Å². The van der Waals surface area contributed by atoms with Crippen LogP contribution in [0.15, 0.2) is 18.2 Å². The Kier molecular flexibility index (Phi) is 7.85. The maximum absolute atomic E-state index is 5.72. The first kappa shape index (κ1) is 15.3. The Balaban J connectivity index is 2.60. The second kappa shape index (κ2) is 9.22. The lowest BCUT2D eigenvalue weighted by molar-refractivity contribution is 0.110. The van der Waals surface area contributed by atoms with Crippen LogP contribution in [0.2, 0.25) is 0 Å². The molecule has 0 saturated carbocycles. The van der Waals surface area contributed by atoms with Crippen LogP contribution in [-0.2, 0) is 10.1 Å². The molecule has 0 aromatic heterocycles. The fourth-order valence-electron chi connectivity index (χ4n) is 1.44. The Morgan fingerprint density at radius 1 is 1.06 bits per heavy atom. The molecule has 0 amide bonds. The van der Waals surface area contributed by atoms with E-state index in [9.17, 15) is 0 Å². The number of ether oxygens (including phenoxy) is 3. The zero-order valence-corrected chi connectivity index (χ0v) is 12.7. The van der Waals surface area contributed by atoms with Gasteiger partial charge < -0.3 is 14.2 Å². The molecule has 0 aliphatic carbocycles. The monoisotopic (exact) mass is 316 g/mol. The average molecular weight is 317 g/mol. The molecule has 0 N–H and O–H groups in total. The van der Waals surface area contributed by atoms with Crippen LogP contribution >= 0.6 is 15.9 Å². The van der Waals surface area contributed by atoms with Crippen LogP contribution in [0.5, 0.6) is 11.5 Å². The molecule has 0 atom stereocenters. The maximum atomic E-state index is 5.72. The molecule has 1 aromatic rings. The molecular formula is C14H21BrO3. The van der Waals surface area contributed by atoms with Crippen LogP contribution in [0, 0.1) is 0 Å². The molecule has 0 fully saturated rings. The van der Waals surface area contributed by atoms with Gasteiger partial charge in [0.05, 0.1) is 13.2 Å². The lowest BCUT2D eigenvalue weighted by Gasteiger charge is -2.12. The quantitative estimate of drug-likeness (QED) is 0.512. The summed E-state index contributed by atoms with van der Waals surface area (Å²) in [7, 11) is 0. The number of alkyl halides is 1. The van der Waals surface area contributed by atoms with Crippen LogP contribution in [0.1, 0.15) is 25.8 Å². The molecule has 1 aromatic carbocycles. The Labute approximate surface area is 118 Å². The second-order valence-corrected chi connectivity index (χ2v) is 4.36. The van der Waals surface area contributed by atoms with Crippen molar-refractivity contribution in [3.05, 3.63) is 23.8 Å². The minimum Gasteiger partial charge on any atom is -0.493 e. The van der Waals surface area contributed by atoms with E-state index in [1.807, 2.05) is 25.1 Å². The molecule has 0 bridgehead atoms. The van der Waals surface area contributed by atoms with E-state index in [0.717, 1.165) is 35.4 Å². The number of benzene rings is 1. The summed E-state index contributed by atoms with van der Waals surface area (Å²) in [4.78, 5) is 0. The number of hydrogen-bond acceptors (Lipinski definition) is 3. The SMILES string of the molecule is CCCOc1ccc(CBr)c(OCCOCC)c1. The van der Waals surface area contributed by atoms with Crippen molar-refractivity contribution in [2.24, 2.45) is 0 Å². The summed E-state index contributed by atoms with van der Waals surface area (Å²) >= 11 is 3.46. The topological polar surface area (TPSA) is 27.7 Å². The molecule has 0 aliphatic rings. The summed E-state index contributed by atoms with van der Waals surface area (Å²) in [5.41, 5.74) is 1.12. The smallest absolute Gasteiger partial charge is 0.127 e. The third-order valence-corrected chi connectivity index (χ3v) is 2.95. The summed E-state index contributed by atoms with van der Waals surface area (Å²) in [5.74, 6) is 1.72. The summed E-state index contributed by atoms with van der Waals surface area (Å²) < 4.78 is 16.6. The first-order valence-electron chi connectivity index (χ1n) is 6.34. The molecule has 4 heteroatoms. The van der Waals surface area contributed by atoms with Gasteiger partial charge in [0, 0.05) is 23.6 Å². The van der Waals surface area contributed by atoms with Gasteiger partial charge in [-0.25, -0.2) is 0 Å². The van der Waals surface area contributed by atoms with Gasteiger partial charge in [-0.2, -0.15) is 0 Å². The van der Waals surface area contributed by atoms with E-state index >= 15 is 0 Å². The first-order chi connectivity index (χ1) is 8.81. The van der Waals surface area contributed by atoms with E-state index in [1.54, 1.807) is 0 Å². The zero-order valence-electron chi connectivity index (χ0n) is 11.1. The maximum Gasteiger partial charge on any atom is 0.127 e. The second-order valence-electron chi connectivity index (χ2n) is 3.80. The molecule has 18 heavy (non-hydrogen) atoms. The van der Waals surface area contributed by atoms with Gasteiger partial charge in [0.25, 0.3) is 0 Å². The highest BCUT2D eigenvalue weighted by Crippen LogP contribution is 2.26. The minimum absolute atomic E-state index is 0.561. The highest BCUT2D eigenvalue weighted by atomic mass is 79.9. The summed E-state index contributed by atoms with van der Waals surface area (Å²) in [6.45, 7) is 6.68. The Morgan fingerprint density at radius 3 is 2.56 bits per heavy atom. The molecule has 0 aliphatic heterocycles. The first-order valence-corrected chi connectivity index (χ1v) is 7.46. The zero-order chi connectivity index (χ0) is 13.2. The third-order valence-electron chi connectivity index (χ3n) is 2.34. The molecule has 0 spiro atoms. The molecule has 0 unspecified atom stereocenters. The van der Waals surface area contributed by atoms with Crippen molar-refractivity contribution in [3.8, 4) is 11.5 Å². The van der Waals surface area contributed by atoms with Crippen LogP contribution in [-0.4, -0.2) is 26.4 Å². The summed E-state index contributed by atoms with van der Waals surface area (Å²) in [6, 6.07) is 5.94. The molecule has 1 rings (SSSR count). The summed E-state index contributed by atoms with van der Waals surface area (Å²) in [5, 5.41) is 0.769. The summed E-state index contributed by atoms with van der Waals surface area (Å²) in [6.07, 6.45) is 1.00. The highest BCUT2D eigenvalue weighted by molar-refractivity contribution is 9.08. The number of rotatable bonds is 9.